The van der Waals surface area contributed by atoms with Crippen molar-refractivity contribution in [2.75, 3.05) is 0 Å². The smallest absolute Gasteiger partial charge is 0.173 e. The van der Waals surface area contributed by atoms with Crippen molar-refractivity contribution in [3.63, 3.8) is 0 Å². The highest BCUT2D eigenvalue weighted by Gasteiger charge is 2.21. The summed E-state index contributed by atoms with van der Waals surface area (Å²) in [5.41, 5.74) is 11.7. The highest BCUT2D eigenvalue weighted by Crippen LogP contribution is 2.36. The molecule has 0 spiro atoms. The van der Waals surface area contributed by atoms with Crippen molar-refractivity contribution in [3.8, 4) is 17.3 Å². The van der Waals surface area contributed by atoms with Crippen molar-refractivity contribution in [1.29, 1.82) is 0 Å². The van der Waals surface area contributed by atoms with Crippen LogP contribution < -0.4 is 5.73 Å². The first-order valence-electron chi connectivity index (χ1n) is 9.58. The molecule has 28 heavy (non-hydrogen) atoms. The third kappa shape index (κ3) is 3.51. The van der Waals surface area contributed by atoms with Crippen LogP contribution in [0, 0.1) is 6.92 Å². The average Bonchev–Trinajstić information content (AvgIpc) is 3.08. The molecule has 6 heteroatoms. The first-order chi connectivity index (χ1) is 13.6. The van der Waals surface area contributed by atoms with Gasteiger partial charge in [0.05, 0.1) is 11.0 Å². The Labute approximate surface area is 165 Å². The van der Waals surface area contributed by atoms with Gasteiger partial charge in [-0.15, -0.1) is 0 Å². The van der Waals surface area contributed by atoms with E-state index in [2.05, 4.69) is 21.1 Å². The minimum absolute atomic E-state index is 0.125. The molecule has 0 amide bonds. The van der Waals surface area contributed by atoms with Crippen LogP contribution >= 0.6 is 0 Å². The van der Waals surface area contributed by atoms with E-state index in [4.69, 9.17) is 5.73 Å². The van der Waals surface area contributed by atoms with Crippen LogP contribution in [-0.2, 0) is 13.6 Å². The Morgan fingerprint density at radius 1 is 1.25 bits per heavy atom. The number of allylic oxidation sites excluding steroid dienone is 6. The van der Waals surface area contributed by atoms with E-state index < -0.39 is 0 Å². The minimum Gasteiger partial charge on any atom is -0.504 e. The standard InChI is InChI=1S/C20H21N5O.C2H6/c1-12-9-15-16(10-14(12)11-21)23-20(22-15)18-19(26)17(24-25(18)2)13-7-5-3-4-6-8-13;1-2/h3-5,7-10,26H,6,11,21H2,1-2H3,(H,22,23);1-2H3. The predicted octanol–water partition coefficient (Wildman–Crippen LogP) is 4.36. The molecule has 0 unspecified atom stereocenters. The zero-order valence-corrected chi connectivity index (χ0v) is 16.8. The molecule has 0 bridgehead atoms. The lowest BCUT2D eigenvalue weighted by Crippen LogP contribution is -1.98. The Kier molecular flexibility index (Phi) is 5.80. The molecule has 0 atom stereocenters. The predicted molar refractivity (Wildman–Crippen MR) is 115 cm³/mol. The Balaban J connectivity index is 0.00000109. The van der Waals surface area contributed by atoms with Gasteiger partial charge in [-0.1, -0.05) is 44.2 Å². The van der Waals surface area contributed by atoms with Gasteiger partial charge in [0.15, 0.2) is 11.6 Å². The average molecular weight is 377 g/mol. The van der Waals surface area contributed by atoms with E-state index in [1.165, 1.54) is 0 Å². The highest BCUT2D eigenvalue weighted by molar-refractivity contribution is 5.84. The Morgan fingerprint density at radius 3 is 2.79 bits per heavy atom. The molecular weight excluding hydrogens is 350 g/mol. The molecule has 1 aliphatic rings. The summed E-state index contributed by atoms with van der Waals surface area (Å²) in [5, 5.41) is 15.3. The number of H-pyrrole nitrogens is 1. The molecule has 0 saturated carbocycles. The maximum Gasteiger partial charge on any atom is 0.173 e. The summed E-state index contributed by atoms with van der Waals surface area (Å²) in [6.07, 6.45) is 10.8. The fourth-order valence-electron chi connectivity index (χ4n) is 3.27. The van der Waals surface area contributed by atoms with Crippen molar-refractivity contribution in [3.05, 3.63) is 59.3 Å². The molecule has 1 aromatic carbocycles. The van der Waals surface area contributed by atoms with Crippen LogP contribution in [0.2, 0.25) is 0 Å². The van der Waals surface area contributed by atoms with Crippen LogP contribution in [0.4, 0.5) is 0 Å². The van der Waals surface area contributed by atoms with Crippen molar-refractivity contribution >= 4 is 16.6 Å². The van der Waals surface area contributed by atoms with Gasteiger partial charge in [-0.2, -0.15) is 5.10 Å². The summed E-state index contributed by atoms with van der Waals surface area (Å²) in [7, 11) is 1.81. The van der Waals surface area contributed by atoms with E-state index in [1.54, 1.807) is 4.68 Å². The van der Waals surface area contributed by atoms with Crippen LogP contribution in [-0.4, -0.2) is 24.9 Å². The van der Waals surface area contributed by atoms with Crippen LogP contribution in [0.5, 0.6) is 5.75 Å². The normalized spacial score (nSPS) is 13.2. The fraction of sp³-hybridized carbons (Fsp3) is 0.273. The quantitative estimate of drug-likeness (QED) is 0.632. The number of aromatic nitrogens is 4. The van der Waals surface area contributed by atoms with Gasteiger partial charge in [-0.05, 0) is 36.6 Å². The van der Waals surface area contributed by atoms with Gasteiger partial charge in [-0.25, -0.2) is 4.98 Å². The maximum atomic E-state index is 10.8. The second-order valence-electron chi connectivity index (χ2n) is 6.44. The number of hydrogen-bond donors (Lipinski definition) is 3. The summed E-state index contributed by atoms with van der Waals surface area (Å²) in [6, 6.07) is 4.02. The zero-order valence-electron chi connectivity index (χ0n) is 16.8. The SMILES string of the molecule is CC.Cc1cc2[nH]c(-c3c(O)c(C4=CCC=CC=C4)nn3C)nc2cc1CN. The topological polar surface area (TPSA) is 92.7 Å². The molecule has 1 aliphatic carbocycles. The first-order valence-corrected chi connectivity index (χ1v) is 9.58. The fourth-order valence-corrected chi connectivity index (χ4v) is 3.27. The molecule has 0 fully saturated rings. The van der Waals surface area contributed by atoms with E-state index in [1.807, 2.05) is 64.3 Å². The summed E-state index contributed by atoms with van der Waals surface area (Å²) < 4.78 is 1.66. The van der Waals surface area contributed by atoms with E-state index >= 15 is 0 Å². The summed E-state index contributed by atoms with van der Waals surface area (Å²) in [6.45, 7) is 6.50. The summed E-state index contributed by atoms with van der Waals surface area (Å²) >= 11 is 0. The van der Waals surface area contributed by atoms with Crippen molar-refractivity contribution < 1.29 is 5.11 Å². The molecule has 0 saturated heterocycles. The molecule has 0 aliphatic heterocycles. The molecule has 0 radical (unpaired) electrons. The lowest BCUT2D eigenvalue weighted by atomic mass is 10.1. The van der Waals surface area contributed by atoms with Crippen molar-refractivity contribution in [2.45, 2.75) is 33.7 Å². The number of aryl methyl sites for hydroxylation is 2. The number of imidazole rings is 1. The number of nitrogens with two attached hydrogens (primary N) is 1. The number of fused-ring (bicyclic) bond motifs is 1. The summed E-state index contributed by atoms with van der Waals surface area (Å²) in [5.74, 6) is 0.712. The Morgan fingerprint density at radius 2 is 2.04 bits per heavy atom. The Hall–Kier alpha value is -3.12. The number of nitrogens with one attached hydrogen (secondary N) is 1. The van der Waals surface area contributed by atoms with Crippen LogP contribution in [0.15, 0.2) is 42.5 Å². The number of aromatic hydroxyl groups is 1. The second-order valence-corrected chi connectivity index (χ2v) is 6.44. The third-order valence-electron chi connectivity index (χ3n) is 4.68. The number of hydrogen-bond acceptors (Lipinski definition) is 4. The third-order valence-corrected chi connectivity index (χ3v) is 4.68. The van der Waals surface area contributed by atoms with Gasteiger partial charge in [-0.3, -0.25) is 4.68 Å². The second kappa shape index (κ2) is 8.27. The zero-order chi connectivity index (χ0) is 20.3. The molecule has 4 N–H and O–H groups in total. The maximum absolute atomic E-state index is 10.8. The molecule has 6 nitrogen and oxygen atoms in total. The Bertz CT molecular complexity index is 1080. The molecular formula is C22H27N5O. The monoisotopic (exact) mass is 377 g/mol. The first kappa shape index (κ1) is 19.6. The van der Waals surface area contributed by atoms with Gasteiger partial charge >= 0.3 is 0 Å². The molecule has 146 valence electrons. The number of aromatic amines is 1. The van der Waals surface area contributed by atoms with E-state index in [9.17, 15) is 5.11 Å². The minimum atomic E-state index is 0.125. The van der Waals surface area contributed by atoms with E-state index in [0.717, 1.165) is 34.2 Å². The summed E-state index contributed by atoms with van der Waals surface area (Å²) in [4.78, 5) is 7.94. The highest BCUT2D eigenvalue weighted by atomic mass is 16.3. The van der Waals surface area contributed by atoms with Gasteiger partial charge in [0.25, 0.3) is 0 Å². The lowest BCUT2D eigenvalue weighted by Gasteiger charge is -2.01. The molecule has 2 aromatic heterocycles. The van der Waals surface area contributed by atoms with Gasteiger partial charge < -0.3 is 15.8 Å². The van der Waals surface area contributed by atoms with E-state index in [-0.39, 0.29) is 5.75 Å². The van der Waals surface area contributed by atoms with Gasteiger partial charge in [0, 0.05) is 19.2 Å². The number of nitrogens with zero attached hydrogens (tertiary/aromatic N) is 3. The number of benzene rings is 1. The van der Waals surface area contributed by atoms with E-state index in [0.29, 0.717) is 23.8 Å². The van der Waals surface area contributed by atoms with Crippen molar-refractivity contribution in [2.24, 2.45) is 12.8 Å². The molecule has 3 aromatic rings. The number of rotatable bonds is 3. The lowest BCUT2D eigenvalue weighted by molar-refractivity contribution is 0.475. The van der Waals surface area contributed by atoms with Crippen LogP contribution in [0.1, 0.15) is 37.1 Å². The van der Waals surface area contributed by atoms with Gasteiger partial charge in [0.2, 0.25) is 0 Å². The molecule has 4 rings (SSSR count). The molecule has 2 heterocycles. The largest absolute Gasteiger partial charge is 0.504 e. The van der Waals surface area contributed by atoms with Crippen LogP contribution in [0.3, 0.4) is 0 Å². The van der Waals surface area contributed by atoms with Gasteiger partial charge in [0.1, 0.15) is 11.4 Å². The van der Waals surface area contributed by atoms with Crippen molar-refractivity contribution in [1.82, 2.24) is 19.7 Å². The van der Waals surface area contributed by atoms with Crippen LogP contribution in [0.25, 0.3) is 28.1 Å².